The maximum absolute atomic E-state index is 13.0. The van der Waals surface area contributed by atoms with E-state index in [1.54, 1.807) is 19.2 Å². The number of carboxylic acids is 1. The molecular weight excluding hydrogens is 341 g/mol. The fraction of sp³-hybridized carbons (Fsp3) is 0.500. The van der Waals surface area contributed by atoms with Crippen LogP contribution in [0.2, 0.25) is 0 Å². The highest BCUT2D eigenvalue weighted by Crippen LogP contribution is 2.19. The predicted octanol–water partition coefficient (Wildman–Crippen LogP) is 1.26. The third kappa shape index (κ3) is 6.44. The van der Waals surface area contributed by atoms with Crippen LogP contribution in [0.5, 0.6) is 0 Å². The average Bonchev–Trinajstić information content (AvgIpc) is 2.59. The SMILES string of the molecule is CC(=O)NCCN(CC(=O)N(C)C(C)c1ccc(F)cc1)C(C)C(=O)O. The zero-order chi connectivity index (χ0) is 19.9. The van der Waals surface area contributed by atoms with Crippen LogP contribution in [0.25, 0.3) is 0 Å². The Morgan fingerprint density at radius 3 is 2.27 bits per heavy atom. The van der Waals surface area contributed by atoms with Gasteiger partial charge in [-0.3, -0.25) is 19.3 Å². The Morgan fingerprint density at radius 2 is 1.77 bits per heavy atom. The Balaban J connectivity index is 2.77. The lowest BCUT2D eigenvalue weighted by Gasteiger charge is -2.30. The lowest BCUT2D eigenvalue weighted by atomic mass is 10.1. The van der Waals surface area contributed by atoms with Gasteiger partial charge in [0.05, 0.1) is 12.6 Å². The summed E-state index contributed by atoms with van der Waals surface area (Å²) >= 11 is 0. The first-order chi connectivity index (χ1) is 12.1. The monoisotopic (exact) mass is 367 g/mol. The topological polar surface area (TPSA) is 90.0 Å². The van der Waals surface area contributed by atoms with Gasteiger partial charge in [0.15, 0.2) is 0 Å². The molecule has 144 valence electrons. The Labute approximate surface area is 152 Å². The van der Waals surface area contributed by atoms with Gasteiger partial charge in [-0.1, -0.05) is 12.1 Å². The average molecular weight is 367 g/mol. The molecule has 0 fully saturated rings. The van der Waals surface area contributed by atoms with Crippen molar-refractivity contribution in [1.82, 2.24) is 15.1 Å². The molecule has 26 heavy (non-hydrogen) atoms. The molecule has 7 nitrogen and oxygen atoms in total. The van der Waals surface area contributed by atoms with E-state index in [4.69, 9.17) is 0 Å². The van der Waals surface area contributed by atoms with Crippen LogP contribution in [0.1, 0.15) is 32.4 Å². The van der Waals surface area contributed by atoms with Gasteiger partial charge < -0.3 is 15.3 Å². The van der Waals surface area contributed by atoms with Gasteiger partial charge in [0.1, 0.15) is 11.9 Å². The Bertz CT molecular complexity index is 636. The minimum absolute atomic E-state index is 0.102. The minimum Gasteiger partial charge on any atom is -0.480 e. The Hall–Kier alpha value is -2.48. The molecule has 2 amide bonds. The number of nitrogens with zero attached hydrogens (tertiary/aromatic N) is 2. The smallest absolute Gasteiger partial charge is 0.320 e. The van der Waals surface area contributed by atoms with E-state index in [0.29, 0.717) is 0 Å². The normalized spacial score (nSPS) is 13.2. The highest BCUT2D eigenvalue weighted by molar-refractivity contribution is 5.80. The molecule has 0 radical (unpaired) electrons. The molecule has 1 aromatic carbocycles. The number of carboxylic acid groups (broad SMARTS) is 1. The summed E-state index contributed by atoms with van der Waals surface area (Å²) < 4.78 is 13.0. The molecule has 0 saturated heterocycles. The Kier molecular flexibility index (Phi) is 8.18. The second kappa shape index (κ2) is 9.86. The fourth-order valence-electron chi connectivity index (χ4n) is 2.41. The number of likely N-dealkylation sites (N-methyl/N-ethyl adjacent to an activating group) is 1. The molecule has 0 aliphatic heterocycles. The van der Waals surface area contributed by atoms with E-state index in [0.717, 1.165) is 5.56 Å². The van der Waals surface area contributed by atoms with Crippen LogP contribution >= 0.6 is 0 Å². The molecule has 0 heterocycles. The van der Waals surface area contributed by atoms with Crippen LogP contribution in [0.4, 0.5) is 4.39 Å². The van der Waals surface area contributed by atoms with Crippen LogP contribution in [-0.4, -0.2) is 65.4 Å². The third-order valence-electron chi connectivity index (χ3n) is 4.34. The summed E-state index contributed by atoms with van der Waals surface area (Å²) in [5.41, 5.74) is 0.776. The van der Waals surface area contributed by atoms with Crippen LogP contribution in [-0.2, 0) is 14.4 Å². The quantitative estimate of drug-likeness (QED) is 0.686. The van der Waals surface area contributed by atoms with Crippen molar-refractivity contribution >= 4 is 17.8 Å². The number of rotatable bonds is 9. The molecule has 0 saturated carbocycles. The molecule has 2 atom stereocenters. The number of halogens is 1. The summed E-state index contributed by atoms with van der Waals surface area (Å²) in [5, 5.41) is 11.8. The highest BCUT2D eigenvalue weighted by atomic mass is 19.1. The molecule has 2 N–H and O–H groups in total. The predicted molar refractivity (Wildman–Crippen MR) is 94.9 cm³/mol. The van der Waals surface area contributed by atoms with Gasteiger partial charge in [-0.15, -0.1) is 0 Å². The van der Waals surface area contributed by atoms with E-state index >= 15 is 0 Å². The maximum Gasteiger partial charge on any atom is 0.320 e. The molecule has 0 bridgehead atoms. The first-order valence-corrected chi connectivity index (χ1v) is 8.36. The zero-order valence-electron chi connectivity index (χ0n) is 15.5. The Morgan fingerprint density at radius 1 is 1.19 bits per heavy atom. The third-order valence-corrected chi connectivity index (χ3v) is 4.34. The molecule has 2 unspecified atom stereocenters. The summed E-state index contributed by atoms with van der Waals surface area (Å²) in [6.07, 6.45) is 0. The van der Waals surface area contributed by atoms with Gasteiger partial charge in [0, 0.05) is 27.1 Å². The van der Waals surface area contributed by atoms with E-state index in [1.807, 2.05) is 6.92 Å². The number of amides is 2. The van der Waals surface area contributed by atoms with Gasteiger partial charge in [-0.25, -0.2) is 4.39 Å². The van der Waals surface area contributed by atoms with E-state index in [1.165, 1.54) is 35.8 Å². The van der Waals surface area contributed by atoms with E-state index in [9.17, 15) is 23.9 Å². The van der Waals surface area contributed by atoms with Crippen molar-refractivity contribution in [2.45, 2.75) is 32.9 Å². The van der Waals surface area contributed by atoms with Crippen molar-refractivity contribution in [3.8, 4) is 0 Å². The molecule has 0 aromatic heterocycles. The summed E-state index contributed by atoms with van der Waals surface area (Å²) in [6.45, 7) is 5.05. The van der Waals surface area contributed by atoms with Crippen molar-refractivity contribution in [3.05, 3.63) is 35.6 Å². The van der Waals surface area contributed by atoms with Crippen molar-refractivity contribution in [3.63, 3.8) is 0 Å². The number of hydrogen-bond donors (Lipinski definition) is 2. The van der Waals surface area contributed by atoms with E-state index < -0.39 is 12.0 Å². The second-order valence-corrected chi connectivity index (χ2v) is 6.20. The molecule has 8 heteroatoms. The van der Waals surface area contributed by atoms with Crippen molar-refractivity contribution in [1.29, 1.82) is 0 Å². The van der Waals surface area contributed by atoms with Crippen LogP contribution in [0.3, 0.4) is 0 Å². The summed E-state index contributed by atoms with van der Waals surface area (Å²) in [4.78, 5) is 37.8. The molecular formula is C18H26FN3O4. The molecule has 1 rings (SSSR count). The first kappa shape index (κ1) is 21.6. The van der Waals surface area contributed by atoms with E-state index in [-0.39, 0.29) is 43.3 Å². The number of aliphatic carboxylic acids is 1. The largest absolute Gasteiger partial charge is 0.480 e. The minimum atomic E-state index is -1.05. The number of carbonyl (C=O) groups is 3. The van der Waals surface area contributed by atoms with Gasteiger partial charge in [0.25, 0.3) is 0 Å². The zero-order valence-corrected chi connectivity index (χ0v) is 15.5. The first-order valence-electron chi connectivity index (χ1n) is 8.36. The molecule has 1 aromatic rings. The van der Waals surface area contributed by atoms with Crippen LogP contribution < -0.4 is 5.32 Å². The number of hydrogen-bond acceptors (Lipinski definition) is 4. The fourth-order valence-corrected chi connectivity index (χ4v) is 2.41. The highest BCUT2D eigenvalue weighted by Gasteiger charge is 2.26. The molecule has 0 aliphatic rings. The standard InChI is InChI=1S/C18H26FN3O4/c1-12(15-5-7-16(19)8-6-15)21(4)17(24)11-22(13(2)18(25)26)10-9-20-14(3)23/h5-8,12-13H,9-11H2,1-4H3,(H,20,23)(H,25,26). The van der Waals surface area contributed by atoms with Crippen molar-refractivity contribution in [2.75, 3.05) is 26.7 Å². The summed E-state index contributed by atoms with van der Waals surface area (Å²) in [6, 6.07) is 4.71. The van der Waals surface area contributed by atoms with Crippen LogP contribution in [0, 0.1) is 5.82 Å². The second-order valence-electron chi connectivity index (χ2n) is 6.20. The molecule has 0 spiro atoms. The van der Waals surface area contributed by atoms with Gasteiger partial charge in [-0.05, 0) is 31.5 Å². The number of carbonyl (C=O) groups excluding carboxylic acids is 2. The van der Waals surface area contributed by atoms with Gasteiger partial charge in [0.2, 0.25) is 11.8 Å². The van der Waals surface area contributed by atoms with Crippen LogP contribution in [0.15, 0.2) is 24.3 Å². The van der Waals surface area contributed by atoms with Gasteiger partial charge >= 0.3 is 5.97 Å². The number of benzene rings is 1. The van der Waals surface area contributed by atoms with Gasteiger partial charge in [-0.2, -0.15) is 0 Å². The lowest BCUT2D eigenvalue weighted by molar-refractivity contribution is -0.144. The summed E-state index contributed by atoms with van der Waals surface area (Å²) in [5.74, 6) is -1.89. The molecule has 0 aliphatic carbocycles. The van der Waals surface area contributed by atoms with Crippen molar-refractivity contribution < 1.29 is 23.9 Å². The number of nitrogens with one attached hydrogen (secondary N) is 1. The maximum atomic E-state index is 13.0. The van der Waals surface area contributed by atoms with E-state index in [2.05, 4.69) is 5.32 Å². The lowest BCUT2D eigenvalue weighted by Crippen LogP contribution is -2.48. The van der Waals surface area contributed by atoms with Crippen molar-refractivity contribution in [2.24, 2.45) is 0 Å². The summed E-state index contributed by atoms with van der Waals surface area (Å²) in [7, 11) is 1.62.